The van der Waals surface area contributed by atoms with Gasteiger partial charge in [-0.2, -0.15) is 5.10 Å². The van der Waals surface area contributed by atoms with Crippen molar-refractivity contribution in [3.8, 4) is 11.5 Å². The van der Waals surface area contributed by atoms with Crippen molar-refractivity contribution in [2.45, 2.75) is 19.3 Å². The average molecular weight is 452 g/mol. The average Bonchev–Trinajstić information content (AvgIpc) is 3.55. The standard InChI is InChI=1S/C24H25N3O4S/c1-30-20-10-9-16(12-21(20)31-2)24(29)25-13-23(28)27-26-19(11-15-7-8-15)18-14-32-22-6-4-3-5-17(18)22/h3-6,9-10,12,14-15H,7-8,11,13H2,1-2H3,(H,25,29)(H,27,28)/b26-19-. The van der Waals surface area contributed by atoms with E-state index in [0.29, 0.717) is 23.0 Å². The maximum atomic E-state index is 12.4. The molecule has 0 radical (unpaired) electrons. The summed E-state index contributed by atoms with van der Waals surface area (Å²) in [4.78, 5) is 24.8. The Morgan fingerprint density at radius 3 is 2.62 bits per heavy atom. The van der Waals surface area contributed by atoms with Crippen LogP contribution >= 0.6 is 11.3 Å². The summed E-state index contributed by atoms with van der Waals surface area (Å²) in [5.74, 6) is 0.829. The minimum absolute atomic E-state index is 0.183. The highest BCUT2D eigenvalue weighted by Crippen LogP contribution is 2.36. The van der Waals surface area contributed by atoms with E-state index in [2.05, 4.69) is 33.4 Å². The predicted octanol–water partition coefficient (Wildman–Crippen LogP) is 3.97. The van der Waals surface area contributed by atoms with E-state index in [-0.39, 0.29) is 18.4 Å². The van der Waals surface area contributed by atoms with E-state index < -0.39 is 0 Å². The largest absolute Gasteiger partial charge is 0.493 e. The molecule has 1 aliphatic carbocycles. The lowest BCUT2D eigenvalue weighted by molar-refractivity contribution is -0.120. The Morgan fingerprint density at radius 2 is 1.88 bits per heavy atom. The zero-order valence-corrected chi connectivity index (χ0v) is 18.8. The summed E-state index contributed by atoms with van der Waals surface area (Å²) in [6.07, 6.45) is 3.21. The summed E-state index contributed by atoms with van der Waals surface area (Å²) >= 11 is 1.67. The molecule has 0 saturated heterocycles. The van der Waals surface area contributed by atoms with Gasteiger partial charge in [0.2, 0.25) is 0 Å². The molecule has 32 heavy (non-hydrogen) atoms. The number of fused-ring (bicyclic) bond motifs is 1. The van der Waals surface area contributed by atoms with Crippen LogP contribution in [0, 0.1) is 5.92 Å². The number of rotatable bonds is 9. The Bertz CT molecular complexity index is 1170. The summed E-state index contributed by atoms with van der Waals surface area (Å²) in [5, 5.41) is 10.3. The lowest BCUT2D eigenvalue weighted by Crippen LogP contribution is -2.35. The van der Waals surface area contributed by atoms with Gasteiger partial charge in [-0.3, -0.25) is 9.59 Å². The van der Waals surface area contributed by atoms with E-state index in [0.717, 1.165) is 23.1 Å². The SMILES string of the molecule is COc1ccc(C(=O)NCC(=O)N/N=C(/CC2CC2)c2csc3ccccc23)cc1OC. The maximum Gasteiger partial charge on any atom is 0.259 e. The van der Waals surface area contributed by atoms with Crippen LogP contribution in [0.2, 0.25) is 0 Å². The van der Waals surface area contributed by atoms with Gasteiger partial charge in [0.1, 0.15) is 0 Å². The number of carbonyl (C=O) groups excluding carboxylic acids is 2. The molecule has 1 fully saturated rings. The topological polar surface area (TPSA) is 89.0 Å². The molecule has 0 unspecified atom stereocenters. The van der Waals surface area contributed by atoms with Crippen LogP contribution in [0.4, 0.5) is 0 Å². The highest BCUT2D eigenvalue weighted by Gasteiger charge is 2.25. The molecule has 3 aromatic rings. The Hall–Kier alpha value is -3.39. The van der Waals surface area contributed by atoms with E-state index >= 15 is 0 Å². The first-order valence-corrected chi connectivity index (χ1v) is 11.3. The van der Waals surface area contributed by atoms with Crippen LogP contribution in [0.15, 0.2) is 52.9 Å². The van der Waals surface area contributed by atoms with Gasteiger partial charge in [-0.1, -0.05) is 18.2 Å². The number of carbonyl (C=O) groups is 2. The molecular weight excluding hydrogens is 426 g/mol. The van der Waals surface area contributed by atoms with Gasteiger partial charge in [0.25, 0.3) is 11.8 Å². The van der Waals surface area contributed by atoms with Crippen molar-refractivity contribution in [2.75, 3.05) is 20.8 Å². The van der Waals surface area contributed by atoms with Crippen LogP contribution in [-0.2, 0) is 4.79 Å². The fraction of sp³-hybridized carbons (Fsp3) is 0.292. The third-order valence-electron chi connectivity index (χ3n) is 5.34. The molecule has 0 atom stereocenters. The van der Waals surface area contributed by atoms with Crippen molar-refractivity contribution in [1.29, 1.82) is 0 Å². The lowest BCUT2D eigenvalue weighted by atomic mass is 10.0. The summed E-state index contributed by atoms with van der Waals surface area (Å²) in [6, 6.07) is 13.0. The molecule has 0 bridgehead atoms. The second-order valence-corrected chi connectivity index (χ2v) is 8.55. The van der Waals surface area contributed by atoms with E-state index in [1.807, 2.05) is 12.1 Å². The molecule has 1 saturated carbocycles. The number of methoxy groups -OCH3 is 2. The van der Waals surface area contributed by atoms with Crippen LogP contribution in [0.3, 0.4) is 0 Å². The monoisotopic (exact) mass is 451 g/mol. The van der Waals surface area contributed by atoms with Crippen molar-refractivity contribution in [1.82, 2.24) is 10.7 Å². The van der Waals surface area contributed by atoms with Crippen LogP contribution in [-0.4, -0.2) is 38.3 Å². The van der Waals surface area contributed by atoms with Gasteiger partial charge in [0.15, 0.2) is 11.5 Å². The minimum Gasteiger partial charge on any atom is -0.493 e. The Labute approximate surface area is 190 Å². The number of hydrogen-bond acceptors (Lipinski definition) is 6. The van der Waals surface area contributed by atoms with Gasteiger partial charge >= 0.3 is 0 Å². The summed E-state index contributed by atoms with van der Waals surface area (Å²) in [7, 11) is 3.03. The third-order valence-corrected chi connectivity index (χ3v) is 6.31. The zero-order valence-electron chi connectivity index (χ0n) is 18.0. The number of hydrazone groups is 1. The van der Waals surface area contributed by atoms with E-state index in [1.165, 1.54) is 31.8 Å². The summed E-state index contributed by atoms with van der Waals surface area (Å²) in [6.45, 7) is -0.183. The summed E-state index contributed by atoms with van der Waals surface area (Å²) in [5.41, 5.74) is 4.93. The van der Waals surface area contributed by atoms with Gasteiger partial charge in [-0.25, -0.2) is 5.43 Å². The second-order valence-electron chi connectivity index (χ2n) is 7.64. The number of amides is 2. The zero-order chi connectivity index (χ0) is 22.5. The molecule has 4 rings (SSSR count). The van der Waals surface area contributed by atoms with Crippen LogP contribution in [0.5, 0.6) is 11.5 Å². The lowest BCUT2D eigenvalue weighted by Gasteiger charge is -2.10. The Balaban J connectivity index is 1.40. The second kappa shape index (κ2) is 9.82. The number of nitrogens with one attached hydrogen (secondary N) is 2. The summed E-state index contributed by atoms with van der Waals surface area (Å²) < 4.78 is 11.6. The molecule has 166 valence electrons. The Kier molecular flexibility index (Phi) is 6.70. The number of thiophene rings is 1. The first kappa shape index (κ1) is 21.8. The van der Waals surface area contributed by atoms with E-state index in [1.54, 1.807) is 29.5 Å². The minimum atomic E-state index is -0.383. The predicted molar refractivity (Wildman–Crippen MR) is 126 cm³/mol. The first-order valence-electron chi connectivity index (χ1n) is 10.4. The molecule has 2 amide bonds. The third kappa shape index (κ3) is 5.08. The molecule has 2 N–H and O–H groups in total. The van der Waals surface area contributed by atoms with E-state index in [9.17, 15) is 9.59 Å². The van der Waals surface area contributed by atoms with Crippen molar-refractivity contribution in [2.24, 2.45) is 11.0 Å². The highest BCUT2D eigenvalue weighted by atomic mass is 32.1. The van der Waals surface area contributed by atoms with Crippen molar-refractivity contribution in [3.63, 3.8) is 0 Å². The van der Waals surface area contributed by atoms with Gasteiger partial charge in [-0.05, 0) is 49.4 Å². The normalized spacial score (nSPS) is 13.6. The molecule has 1 aliphatic rings. The number of ether oxygens (including phenoxy) is 2. The van der Waals surface area contributed by atoms with Crippen LogP contribution in [0.25, 0.3) is 10.1 Å². The first-order chi connectivity index (χ1) is 15.6. The molecule has 2 aromatic carbocycles. The number of nitrogens with zero attached hydrogens (tertiary/aromatic N) is 1. The van der Waals surface area contributed by atoms with Gasteiger partial charge in [0, 0.05) is 26.6 Å². The molecule has 1 aromatic heterocycles. The van der Waals surface area contributed by atoms with Gasteiger partial charge in [0.05, 0.1) is 26.5 Å². The van der Waals surface area contributed by atoms with E-state index in [4.69, 9.17) is 9.47 Å². The number of hydrogen-bond donors (Lipinski definition) is 2. The van der Waals surface area contributed by atoms with Crippen molar-refractivity contribution >= 4 is 38.9 Å². The fourth-order valence-corrected chi connectivity index (χ4v) is 4.39. The maximum absolute atomic E-state index is 12.4. The van der Waals surface area contributed by atoms with Crippen LogP contribution in [0.1, 0.15) is 35.2 Å². The van der Waals surface area contributed by atoms with Crippen molar-refractivity contribution < 1.29 is 19.1 Å². The molecule has 0 spiro atoms. The molecule has 7 nitrogen and oxygen atoms in total. The smallest absolute Gasteiger partial charge is 0.259 e. The van der Waals surface area contributed by atoms with Crippen LogP contribution < -0.4 is 20.2 Å². The van der Waals surface area contributed by atoms with Gasteiger partial charge in [-0.15, -0.1) is 11.3 Å². The molecular formula is C24H25N3O4S. The Morgan fingerprint density at radius 1 is 1.09 bits per heavy atom. The number of benzene rings is 2. The quantitative estimate of drug-likeness (QED) is 0.381. The fourth-order valence-electron chi connectivity index (χ4n) is 3.42. The molecule has 8 heteroatoms. The molecule has 1 heterocycles. The van der Waals surface area contributed by atoms with Gasteiger partial charge < -0.3 is 14.8 Å². The molecule has 0 aliphatic heterocycles. The van der Waals surface area contributed by atoms with Crippen molar-refractivity contribution in [3.05, 3.63) is 59.0 Å². The highest BCUT2D eigenvalue weighted by molar-refractivity contribution is 7.17.